The van der Waals surface area contributed by atoms with Crippen LogP contribution in [0.3, 0.4) is 0 Å². The molecular formula is C14H10FNO. The fourth-order valence-electron chi connectivity index (χ4n) is 1.49. The first-order valence-electron chi connectivity index (χ1n) is 5.13. The molecule has 2 rings (SSSR count). The Labute approximate surface area is 98.9 Å². The molecule has 2 aromatic carbocycles. The highest BCUT2D eigenvalue weighted by molar-refractivity contribution is 5.43. The van der Waals surface area contributed by atoms with Crippen LogP contribution >= 0.6 is 0 Å². The van der Waals surface area contributed by atoms with E-state index in [2.05, 4.69) is 6.07 Å². The van der Waals surface area contributed by atoms with E-state index in [1.807, 2.05) is 6.92 Å². The number of hydrogen-bond donors (Lipinski definition) is 0. The van der Waals surface area contributed by atoms with Crippen molar-refractivity contribution >= 4 is 0 Å². The van der Waals surface area contributed by atoms with Gasteiger partial charge in [0.15, 0.2) is 0 Å². The minimum Gasteiger partial charge on any atom is -0.457 e. The second-order valence-corrected chi connectivity index (χ2v) is 3.65. The van der Waals surface area contributed by atoms with E-state index in [9.17, 15) is 4.39 Å². The maximum Gasteiger partial charge on any atom is 0.130 e. The molecule has 2 nitrogen and oxygen atoms in total. The van der Waals surface area contributed by atoms with Gasteiger partial charge in [0.2, 0.25) is 0 Å². The highest BCUT2D eigenvalue weighted by atomic mass is 19.1. The molecule has 0 radical (unpaired) electrons. The normalized spacial score (nSPS) is 9.71. The van der Waals surface area contributed by atoms with Gasteiger partial charge in [-0.05, 0) is 42.8 Å². The quantitative estimate of drug-likeness (QED) is 0.781. The number of benzene rings is 2. The van der Waals surface area contributed by atoms with Gasteiger partial charge in [0, 0.05) is 6.07 Å². The lowest BCUT2D eigenvalue weighted by Gasteiger charge is -2.08. The summed E-state index contributed by atoms with van der Waals surface area (Å²) in [5.74, 6) is 0.723. The Kier molecular flexibility index (Phi) is 3.06. The van der Waals surface area contributed by atoms with Crippen LogP contribution in [-0.2, 0) is 0 Å². The predicted molar refractivity (Wildman–Crippen MR) is 62.4 cm³/mol. The summed E-state index contributed by atoms with van der Waals surface area (Å²) in [5.41, 5.74) is 1.42. The van der Waals surface area contributed by atoms with Gasteiger partial charge in [0.05, 0.1) is 11.6 Å². The third-order valence-electron chi connectivity index (χ3n) is 2.33. The van der Waals surface area contributed by atoms with E-state index in [1.165, 1.54) is 12.1 Å². The van der Waals surface area contributed by atoms with Crippen LogP contribution in [0.4, 0.5) is 4.39 Å². The molecule has 0 aromatic heterocycles. The van der Waals surface area contributed by atoms with Gasteiger partial charge in [0.1, 0.15) is 17.3 Å². The molecule has 0 atom stereocenters. The van der Waals surface area contributed by atoms with Crippen molar-refractivity contribution in [3.8, 4) is 17.6 Å². The fraction of sp³-hybridized carbons (Fsp3) is 0.0714. The van der Waals surface area contributed by atoms with Crippen LogP contribution in [0.1, 0.15) is 11.1 Å². The molecule has 84 valence electrons. The van der Waals surface area contributed by atoms with Crippen molar-refractivity contribution in [3.63, 3.8) is 0 Å². The van der Waals surface area contributed by atoms with Crippen molar-refractivity contribution in [2.45, 2.75) is 6.92 Å². The van der Waals surface area contributed by atoms with E-state index in [0.717, 1.165) is 5.56 Å². The number of hydrogen-bond acceptors (Lipinski definition) is 2. The highest BCUT2D eigenvalue weighted by Gasteiger charge is 2.03. The molecule has 0 amide bonds. The Morgan fingerprint density at radius 2 is 2.00 bits per heavy atom. The number of rotatable bonds is 2. The Bertz CT molecular complexity index is 587. The summed E-state index contributed by atoms with van der Waals surface area (Å²) in [6.07, 6.45) is 0. The lowest BCUT2D eigenvalue weighted by molar-refractivity contribution is 0.473. The van der Waals surface area contributed by atoms with Crippen molar-refractivity contribution in [2.75, 3.05) is 0 Å². The van der Waals surface area contributed by atoms with E-state index < -0.39 is 0 Å². The van der Waals surface area contributed by atoms with Crippen LogP contribution in [0.25, 0.3) is 0 Å². The second-order valence-electron chi connectivity index (χ2n) is 3.65. The summed E-state index contributed by atoms with van der Waals surface area (Å²) in [6, 6.07) is 13.1. The second kappa shape index (κ2) is 4.67. The smallest absolute Gasteiger partial charge is 0.130 e. The summed E-state index contributed by atoms with van der Waals surface area (Å²) in [7, 11) is 0. The van der Waals surface area contributed by atoms with E-state index in [4.69, 9.17) is 10.00 Å². The van der Waals surface area contributed by atoms with Crippen molar-refractivity contribution in [1.29, 1.82) is 5.26 Å². The number of halogens is 1. The van der Waals surface area contributed by atoms with Crippen LogP contribution in [-0.4, -0.2) is 0 Å². The van der Waals surface area contributed by atoms with E-state index >= 15 is 0 Å². The maximum absolute atomic E-state index is 13.0. The Hall–Kier alpha value is -2.34. The molecule has 0 bridgehead atoms. The monoisotopic (exact) mass is 227 g/mol. The van der Waals surface area contributed by atoms with Crippen LogP contribution in [0, 0.1) is 24.1 Å². The zero-order chi connectivity index (χ0) is 12.3. The SMILES string of the molecule is Cc1cc(C#N)ccc1Oc1cccc(F)c1. The van der Waals surface area contributed by atoms with Crippen molar-refractivity contribution in [2.24, 2.45) is 0 Å². The van der Waals surface area contributed by atoms with Crippen LogP contribution < -0.4 is 4.74 Å². The molecule has 0 N–H and O–H groups in total. The molecule has 0 saturated carbocycles. The van der Waals surface area contributed by atoms with E-state index in [-0.39, 0.29) is 5.82 Å². The van der Waals surface area contributed by atoms with Crippen LogP contribution in [0.15, 0.2) is 42.5 Å². The molecular weight excluding hydrogens is 217 g/mol. The molecule has 0 heterocycles. The molecule has 0 saturated heterocycles. The third kappa shape index (κ3) is 2.61. The fourth-order valence-corrected chi connectivity index (χ4v) is 1.49. The zero-order valence-corrected chi connectivity index (χ0v) is 9.27. The largest absolute Gasteiger partial charge is 0.457 e. The Balaban J connectivity index is 2.28. The lowest BCUT2D eigenvalue weighted by Crippen LogP contribution is -1.89. The first-order valence-corrected chi connectivity index (χ1v) is 5.13. The van der Waals surface area contributed by atoms with Gasteiger partial charge in [-0.1, -0.05) is 6.07 Å². The summed E-state index contributed by atoms with van der Waals surface area (Å²) >= 11 is 0. The van der Waals surface area contributed by atoms with Gasteiger partial charge in [-0.15, -0.1) is 0 Å². The third-order valence-corrected chi connectivity index (χ3v) is 2.33. The van der Waals surface area contributed by atoms with Crippen LogP contribution in [0.2, 0.25) is 0 Å². The van der Waals surface area contributed by atoms with Gasteiger partial charge in [-0.25, -0.2) is 4.39 Å². The number of nitriles is 1. The van der Waals surface area contributed by atoms with E-state index in [1.54, 1.807) is 30.3 Å². The Morgan fingerprint density at radius 1 is 1.18 bits per heavy atom. The Morgan fingerprint density at radius 3 is 2.65 bits per heavy atom. The summed E-state index contributed by atoms with van der Waals surface area (Å²) in [4.78, 5) is 0. The molecule has 0 aliphatic heterocycles. The van der Waals surface area contributed by atoms with Crippen molar-refractivity contribution in [3.05, 3.63) is 59.4 Å². The molecule has 0 aliphatic carbocycles. The predicted octanol–water partition coefficient (Wildman–Crippen LogP) is 3.80. The molecule has 3 heteroatoms. The lowest BCUT2D eigenvalue weighted by atomic mass is 10.1. The molecule has 17 heavy (non-hydrogen) atoms. The number of ether oxygens (including phenoxy) is 1. The average Bonchev–Trinajstić information content (AvgIpc) is 2.32. The van der Waals surface area contributed by atoms with Gasteiger partial charge < -0.3 is 4.74 Å². The first-order chi connectivity index (χ1) is 8.19. The maximum atomic E-state index is 13.0. The molecule has 0 aliphatic rings. The highest BCUT2D eigenvalue weighted by Crippen LogP contribution is 2.25. The van der Waals surface area contributed by atoms with E-state index in [0.29, 0.717) is 17.1 Å². The standard InChI is InChI=1S/C14H10FNO/c1-10-7-11(9-16)5-6-14(10)17-13-4-2-3-12(15)8-13/h2-8H,1H3. The molecule has 0 unspecified atom stereocenters. The topological polar surface area (TPSA) is 33.0 Å². The first kappa shape index (κ1) is 11.2. The minimum absolute atomic E-state index is 0.339. The molecule has 2 aromatic rings. The zero-order valence-electron chi connectivity index (χ0n) is 9.27. The summed E-state index contributed by atoms with van der Waals surface area (Å²) in [6.45, 7) is 1.84. The van der Waals surface area contributed by atoms with Gasteiger partial charge >= 0.3 is 0 Å². The van der Waals surface area contributed by atoms with Crippen molar-refractivity contribution in [1.82, 2.24) is 0 Å². The molecule has 0 fully saturated rings. The average molecular weight is 227 g/mol. The summed E-state index contributed by atoms with van der Waals surface area (Å²) < 4.78 is 18.5. The van der Waals surface area contributed by atoms with Gasteiger partial charge in [-0.2, -0.15) is 5.26 Å². The minimum atomic E-state index is -0.339. The summed E-state index contributed by atoms with van der Waals surface area (Å²) in [5, 5.41) is 8.74. The van der Waals surface area contributed by atoms with Crippen LogP contribution in [0.5, 0.6) is 11.5 Å². The van der Waals surface area contributed by atoms with Crippen molar-refractivity contribution < 1.29 is 9.13 Å². The molecule has 0 spiro atoms. The van der Waals surface area contributed by atoms with Gasteiger partial charge in [0.25, 0.3) is 0 Å². The van der Waals surface area contributed by atoms with Gasteiger partial charge in [-0.3, -0.25) is 0 Å². The number of nitrogens with zero attached hydrogens (tertiary/aromatic N) is 1. The number of aryl methyl sites for hydroxylation is 1.